The van der Waals surface area contributed by atoms with Crippen molar-refractivity contribution in [1.82, 2.24) is 20.4 Å². The van der Waals surface area contributed by atoms with E-state index in [1.807, 2.05) is 0 Å². The smallest absolute Gasteiger partial charge is 0.276 e. The van der Waals surface area contributed by atoms with Gasteiger partial charge in [0.2, 0.25) is 0 Å². The molecule has 1 heterocycles. The molecular formula is C2H4N4OS. The minimum absolute atomic E-state index is 0.285. The molecule has 1 aromatic rings. The zero-order chi connectivity index (χ0) is 5.98. The molecule has 0 saturated heterocycles. The summed E-state index contributed by atoms with van der Waals surface area (Å²) in [5.41, 5.74) is 0. The summed E-state index contributed by atoms with van der Waals surface area (Å²) in [6, 6.07) is 0. The van der Waals surface area contributed by atoms with Crippen molar-refractivity contribution >= 4 is 12.2 Å². The van der Waals surface area contributed by atoms with Crippen molar-refractivity contribution in [2.45, 2.75) is 0 Å². The van der Waals surface area contributed by atoms with Gasteiger partial charge in [0, 0.05) is 0 Å². The van der Waals surface area contributed by atoms with Crippen LogP contribution in [0.25, 0.3) is 0 Å². The van der Waals surface area contributed by atoms with Crippen molar-refractivity contribution in [2.24, 2.45) is 0 Å². The summed E-state index contributed by atoms with van der Waals surface area (Å²) >= 11 is 4.62. The zero-order valence-electron chi connectivity index (χ0n) is 4.16. The van der Waals surface area contributed by atoms with Gasteiger partial charge in [0.25, 0.3) is 4.77 Å². The highest BCUT2D eigenvalue weighted by Crippen LogP contribution is 1.73. The Kier molecular flexibility index (Phi) is 1.25. The Morgan fingerprint density at radius 1 is 1.88 bits per heavy atom. The Balaban J connectivity index is 3.11. The fourth-order valence-electron chi connectivity index (χ4n) is 0.308. The highest BCUT2D eigenvalue weighted by Gasteiger charge is 1.87. The maximum absolute atomic E-state index is 4.62. The Morgan fingerprint density at radius 3 is 2.88 bits per heavy atom. The third-order valence-corrected chi connectivity index (χ3v) is 0.875. The Morgan fingerprint density at radius 2 is 2.62 bits per heavy atom. The molecule has 0 amide bonds. The summed E-state index contributed by atoms with van der Waals surface area (Å²) in [4.78, 5) is 5.79. The number of nitrogens with one attached hydrogen (secondary N) is 1. The van der Waals surface area contributed by atoms with E-state index in [4.69, 9.17) is 0 Å². The number of hydrogen-bond acceptors (Lipinski definition) is 4. The standard InChI is InChI=1S/C2H4N4OS/c1-7-6-2(8)3-4-5-6/h1H3,(H,3,5,8). The van der Waals surface area contributed by atoms with Crippen molar-refractivity contribution in [3.05, 3.63) is 4.77 Å². The van der Waals surface area contributed by atoms with Crippen LogP contribution < -0.4 is 4.84 Å². The molecule has 0 aliphatic carbocycles. The number of aromatic amines is 1. The third-order valence-electron chi connectivity index (χ3n) is 0.627. The van der Waals surface area contributed by atoms with Gasteiger partial charge >= 0.3 is 0 Å². The molecule has 1 aromatic heterocycles. The van der Waals surface area contributed by atoms with Gasteiger partial charge in [-0.25, -0.2) is 0 Å². The summed E-state index contributed by atoms with van der Waals surface area (Å²) in [6.45, 7) is 0. The lowest BCUT2D eigenvalue weighted by molar-refractivity contribution is 0.125. The number of tetrazole rings is 1. The second-order valence-electron chi connectivity index (χ2n) is 1.06. The van der Waals surface area contributed by atoms with Crippen molar-refractivity contribution in [3.63, 3.8) is 0 Å². The minimum Gasteiger partial charge on any atom is -0.398 e. The second kappa shape index (κ2) is 1.91. The van der Waals surface area contributed by atoms with Crippen LogP contribution in [0.1, 0.15) is 0 Å². The maximum atomic E-state index is 4.62. The lowest BCUT2D eigenvalue weighted by atomic mass is 11.4. The van der Waals surface area contributed by atoms with Crippen LogP contribution in [0.4, 0.5) is 0 Å². The number of hydrogen-bond donors (Lipinski definition) is 1. The highest BCUT2D eigenvalue weighted by molar-refractivity contribution is 7.71. The normalized spacial score (nSPS) is 9.12. The molecule has 0 bridgehead atoms. The number of rotatable bonds is 1. The van der Waals surface area contributed by atoms with Gasteiger partial charge in [-0.05, 0) is 17.4 Å². The topological polar surface area (TPSA) is 55.7 Å². The van der Waals surface area contributed by atoms with Crippen molar-refractivity contribution in [1.29, 1.82) is 0 Å². The largest absolute Gasteiger partial charge is 0.398 e. The van der Waals surface area contributed by atoms with Crippen molar-refractivity contribution in [2.75, 3.05) is 7.11 Å². The van der Waals surface area contributed by atoms with E-state index in [-0.39, 0.29) is 4.77 Å². The van der Waals surface area contributed by atoms with Gasteiger partial charge < -0.3 is 4.84 Å². The minimum atomic E-state index is 0.285. The molecule has 1 N–H and O–H groups in total. The number of nitrogens with zero attached hydrogens (tertiary/aromatic N) is 3. The average molecular weight is 132 g/mol. The van der Waals surface area contributed by atoms with Gasteiger partial charge in [-0.3, -0.25) is 0 Å². The predicted molar refractivity (Wildman–Crippen MR) is 27.7 cm³/mol. The monoisotopic (exact) mass is 132 g/mol. The van der Waals surface area contributed by atoms with Crippen LogP contribution in [0.5, 0.6) is 0 Å². The first-order valence-corrected chi connectivity index (χ1v) is 2.30. The summed E-state index contributed by atoms with van der Waals surface area (Å²) in [5, 5.41) is 9.17. The predicted octanol–water partition coefficient (Wildman–Crippen LogP) is -0.606. The first kappa shape index (κ1) is 5.23. The average Bonchev–Trinajstić information content (AvgIpc) is 2.14. The van der Waals surface area contributed by atoms with Crippen LogP contribution >= 0.6 is 12.2 Å². The van der Waals surface area contributed by atoms with Crippen LogP contribution in [-0.4, -0.2) is 27.5 Å². The number of aromatic nitrogens is 4. The van der Waals surface area contributed by atoms with E-state index in [0.717, 1.165) is 0 Å². The summed E-state index contributed by atoms with van der Waals surface area (Å²) in [6.07, 6.45) is 0. The molecule has 0 unspecified atom stereocenters. The first-order valence-electron chi connectivity index (χ1n) is 1.89. The van der Waals surface area contributed by atoms with E-state index in [1.54, 1.807) is 0 Å². The van der Waals surface area contributed by atoms with Crippen LogP contribution in [0.3, 0.4) is 0 Å². The fourth-order valence-corrected chi connectivity index (χ4v) is 0.464. The van der Waals surface area contributed by atoms with E-state index in [0.29, 0.717) is 0 Å². The summed E-state index contributed by atoms with van der Waals surface area (Å²) < 4.78 is 0.285. The molecule has 44 valence electrons. The van der Waals surface area contributed by atoms with Crippen molar-refractivity contribution < 1.29 is 4.84 Å². The van der Waals surface area contributed by atoms with E-state index in [9.17, 15) is 0 Å². The van der Waals surface area contributed by atoms with E-state index >= 15 is 0 Å². The molecule has 0 spiro atoms. The molecule has 8 heavy (non-hydrogen) atoms. The Bertz CT molecular complexity index is 214. The van der Waals surface area contributed by atoms with Crippen LogP contribution in [0.15, 0.2) is 0 Å². The van der Waals surface area contributed by atoms with Gasteiger partial charge in [-0.15, -0.1) is 0 Å². The van der Waals surface area contributed by atoms with Crippen molar-refractivity contribution in [3.8, 4) is 0 Å². The maximum Gasteiger partial charge on any atom is 0.276 e. The Labute approximate surface area is 50.2 Å². The molecule has 0 fully saturated rings. The van der Waals surface area contributed by atoms with Crippen LogP contribution in [-0.2, 0) is 0 Å². The number of H-pyrrole nitrogens is 1. The van der Waals surface area contributed by atoms with Crippen LogP contribution in [0.2, 0.25) is 0 Å². The molecule has 0 radical (unpaired) electrons. The molecule has 0 atom stereocenters. The molecular weight excluding hydrogens is 128 g/mol. The van der Waals surface area contributed by atoms with E-state index in [2.05, 4.69) is 32.6 Å². The molecule has 0 saturated carbocycles. The van der Waals surface area contributed by atoms with Gasteiger partial charge in [0.15, 0.2) is 0 Å². The lowest BCUT2D eigenvalue weighted by Gasteiger charge is -1.91. The van der Waals surface area contributed by atoms with Gasteiger partial charge in [-0.2, -0.15) is 5.21 Å². The molecule has 0 aliphatic heterocycles. The SMILES string of the molecule is COn1[nH]nnc1=S. The van der Waals surface area contributed by atoms with E-state index in [1.165, 1.54) is 12.0 Å². The lowest BCUT2D eigenvalue weighted by Crippen LogP contribution is -2.07. The van der Waals surface area contributed by atoms with Crippen LogP contribution in [0, 0.1) is 4.77 Å². The summed E-state index contributed by atoms with van der Waals surface area (Å²) in [5.74, 6) is 0. The summed E-state index contributed by atoms with van der Waals surface area (Å²) in [7, 11) is 1.47. The zero-order valence-corrected chi connectivity index (χ0v) is 4.97. The quantitative estimate of drug-likeness (QED) is 0.518. The van der Waals surface area contributed by atoms with E-state index < -0.39 is 0 Å². The Hall–Kier alpha value is -0.910. The molecule has 0 aromatic carbocycles. The molecule has 6 heteroatoms. The fraction of sp³-hybridized carbons (Fsp3) is 0.500. The van der Waals surface area contributed by atoms with Gasteiger partial charge in [-0.1, -0.05) is 9.94 Å². The molecule has 0 aliphatic rings. The van der Waals surface area contributed by atoms with Gasteiger partial charge in [0.1, 0.15) is 7.11 Å². The second-order valence-corrected chi connectivity index (χ2v) is 1.42. The van der Waals surface area contributed by atoms with Gasteiger partial charge in [0.05, 0.1) is 0 Å². The molecule has 1 rings (SSSR count). The molecule has 5 nitrogen and oxygen atoms in total. The first-order chi connectivity index (χ1) is 3.84. The highest BCUT2D eigenvalue weighted by atomic mass is 32.1. The third kappa shape index (κ3) is 0.692.